The second-order valence-electron chi connectivity index (χ2n) is 4.96. The molecule has 0 aliphatic heterocycles. The first-order valence-electron chi connectivity index (χ1n) is 6.77. The summed E-state index contributed by atoms with van der Waals surface area (Å²) in [7, 11) is 1.58. The maximum Gasteiger partial charge on any atom is 0.365 e. The van der Waals surface area contributed by atoms with Crippen LogP contribution in [-0.4, -0.2) is 18.9 Å². The molecule has 2 N–H and O–H groups in total. The number of oxime groups is 1. The van der Waals surface area contributed by atoms with E-state index >= 15 is 0 Å². The number of rotatable bonds is 4. The Morgan fingerprint density at radius 1 is 1.00 bits per heavy atom. The highest BCUT2D eigenvalue weighted by Gasteiger charge is 2.09. The SMILES string of the molecule is COc1ccc(/C(N)=N/OC(=O)c2cc(C)cc(C)c2)cc1. The Morgan fingerprint density at radius 3 is 2.14 bits per heavy atom. The third kappa shape index (κ3) is 3.85. The first kappa shape index (κ1) is 15.6. The van der Waals surface area contributed by atoms with Crippen LogP contribution in [-0.2, 0) is 4.84 Å². The Labute approximate surface area is 129 Å². The molecule has 5 heteroatoms. The summed E-state index contributed by atoms with van der Waals surface area (Å²) in [6, 6.07) is 12.5. The lowest BCUT2D eigenvalue weighted by atomic mass is 10.1. The number of aryl methyl sites for hydroxylation is 2. The Kier molecular flexibility index (Phi) is 4.78. The number of hydrogen-bond donors (Lipinski definition) is 1. The molecule has 0 heterocycles. The number of methoxy groups -OCH3 is 1. The zero-order chi connectivity index (χ0) is 16.1. The summed E-state index contributed by atoms with van der Waals surface area (Å²) in [5.41, 5.74) is 8.87. The van der Waals surface area contributed by atoms with Gasteiger partial charge in [0.15, 0.2) is 5.84 Å². The molecule has 0 fully saturated rings. The van der Waals surface area contributed by atoms with Gasteiger partial charge < -0.3 is 15.3 Å². The number of benzene rings is 2. The number of carbonyl (C=O) groups excluding carboxylic acids is 1. The summed E-state index contributed by atoms with van der Waals surface area (Å²) < 4.78 is 5.06. The molecule has 2 aromatic carbocycles. The number of nitrogens with two attached hydrogens (primary N) is 1. The van der Waals surface area contributed by atoms with E-state index in [4.69, 9.17) is 15.3 Å². The van der Waals surface area contributed by atoms with E-state index in [1.807, 2.05) is 19.9 Å². The Hall–Kier alpha value is -2.82. The standard InChI is InChI=1S/C17H18N2O3/c1-11-8-12(2)10-14(9-11)17(20)22-19-16(18)13-4-6-15(21-3)7-5-13/h4-10H,1-3H3,(H2,18,19). The lowest BCUT2D eigenvalue weighted by Crippen LogP contribution is -2.15. The van der Waals surface area contributed by atoms with Crippen molar-refractivity contribution < 1.29 is 14.4 Å². The number of carbonyl (C=O) groups is 1. The molecular weight excluding hydrogens is 280 g/mol. The molecule has 2 aromatic rings. The molecule has 0 spiro atoms. The Balaban J connectivity index is 2.10. The van der Waals surface area contributed by atoms with Crippen molar-refractivity contribution in [2.45, 2.75) is 13.8 Å². The molecule has 5 nitrogen and oxygen atoms in total. The summed E-state index contributed by atoms with van der Waals surface area (Å²) in [5, 5.41) is 3.69. The van der Waals surface area contributed by atoms with E-state index in [-0.39, 0.29) is 5.84 Å². The predicted octanol–water partition coefficient (Wildman–Crippen LogP) is 2.79. The van der Waals surface area contributed by atoms with E-state index in [0.29, 0.717) is 16.9 Å². The fourth-order valence-electron chi connectivity index (χ4n) is 2.05. The predicted molar refractivity (Wildman–Crippen MR) is 85.0 cm³/mol. The molecule has 0 saturated carbocycles. The van der Waals surface area contributed by atoms with Crippen molar-refractivity contribution in [3.63, 3.8) is 0 Å². The number of ether oxygens (including phenoxy) is 1. The zero-order valence-electron chi connectivity index (χ0n) is 12.8. The van der Waals surface area contributed by atoms with Crippen LogP contribution >= 0.6 is 0 Å². The van der Waals surface area contributed by atoms with Gasteiger partial charge >= 0.3 is 5.97 Å². The third-order valence-corrected chi connectivity index (χ3v) is 3.07. The van der Waals surface area contributed by atoms with Crippen molar-refractivity contribution in [1.29, 1.82) is 0 Å². The van der Waals surface area contributed by atoms with Gasteiger partial charge in [0.1, 0.15) is 5.75 Å². The van der Waals surface area contributed by atoms with Crippen LogP contribution in [0, 0.1) is 13.8 Å². The van der Waals surface area contributed by atoms with Crippen LogP contribution < -0.4 is 10.5 Å². The van der Waals surface area contributed by atoms with Crippen molar-refractivity contribution in [3.8, 4) is 5.75 Å². The highest BCUT2D eigenvalue weighted by molar-refractivity contribution is 5.98. The topological polar surface area (TPSA) is 73.9 Å². The normalized spacial score (nSPS) is 11.1. The minimum atomic E-state index is -0.539. The minimum absolute atomic E-state index is 0.125. The van der Waals surface area contributed by atoms with Crippen molar-refractivity contribution in [1.82, 2.24) is 0 Å². The monoisotopic (exact) mass is 298 g/mol. The van der Waals surface area contributed by atoms with Gasteiger partial charge in [-0.2, -0.15) is 0 Å². The lowest BCUT2D eigenvalue weighted by Gasteiger charge is -2.04. The summed E-state index contributed by atoms with van der Waals surface area (Å²) >= 11 is 0. The minimum Gasteiger partial charge on any atom is -0.497 e. The molecule has 0 atom stereocenters. The number of nitrogens with zero attached hydrogens (tertiary/aromatic N) is 1. The van der Waals surface area contributed by atoms with Crippen LogP contribution in [0.4, 0.5) is 0 Å². The summed E-state index contributed by atoms with van der Waals surface area (Å²) in [4.78, 5) is 16.9. The molecule has 0 aliphatic rings. The molecule has 114 valence electrons. The molecule has 0 bridgehead atoms. The molecule has 0 radical (unpaired) electrons. The van der Waals surface area contributed by atoms with E-state index in [2.05, 4.69) is 5.16 Å². The maximum absolute atomic E-state index is 12.0. The van der Waals surface area contributed by atoms with Crippen molar-refractivity contribution in [3.05, 3.63) is 64.7 Å². The van der Waals surface area contributed by atoms with Gasteiger partial charge in [-0.15, -0.1) is 0 Å². The molecule has 0 unspecified atom stereocenters. The Morgan fingerprint density at radius 2 is 1.59 bits per heavy atom. The van der Waals surface area contributed by atoms with Gasteiger partial charge in [0.25, 0.3) is 0 Å². The van der Waals surface area contributed by atoms with Gasteiger partial charge in [0.2, 0.25) is 0 Å². The summed E-state index contributed by atoms with van der Waals surface area (Å²) in [6.45, 7) is 3.83. The average molecular weight is 298 g/mol. The summed E-state index contributed by atoms with van der Waals surface area (Å²) in [6.07, 6.45) is 0. The first-order chi connectivity index (χ1) is 10.5. The molecular formula is C17H18N2O3. The highest BCUT2D eigenvalue weighted by Crippen LogP contribution is 2.12. The zero-order valence-corrected chi connectivity index (χ0v) is 12.8. The quantitative estimate of drug-likeness (QED) is 0.407. The number of amidine groups is 1. The van der Waals surface area contributed by atoms with Crippen molar-refractivity contribution in [2.24, 2.45) is 10.9 Å². The van der Waals surface area contributed by atoms with Crippen LogP contribution in [0.25, 0.3) is 0 Å². The second kappa shape index (κ2) is 6.76. The maximum atomic E-state index is 12.0. The molecule has 0 aliphatic carbocycles. The van der Waals surface area contributed by atoms with E-state index in [0.717, 1.165) is 11.1 Å². The fourth-order valence-corrected chi connectivity index (χ4v) is 2.05. The molecule has 22 heavy (non-hydrogen) atoms. The lowest BCUT2D eigenvalue weighted by molar-refractivity contribution is 0.0516. The van der Waals surface area contributed by atoms with E-state index in [9.17, 15) is 4.79 Å². The largest absolute Gasteiger partial charge is 0.497 e. The molecule has 0 amide bonds. The second-order valence-corrected chi connectivity index (χ2v) is 4.96. The van der Waals surface area contributed by atoms with Gasteiger partial charge in [0, 0.05) is 5.56 Å². The first-order valence-corrected chi connectivity index (χ1v) is 6.77. The van der Waals surface area contributed by atoms with Crippen LogP contribution in [0.3, 0.4) is 0 Å². The van der Waals surface area contributed by atoms with Crippen LogP contribution in [0.15, 0.2) is 47.6 Å². The van der Waals surface area contributed by atoms with E-state index < -0.39 is 5.97 Å². The van der Waals surface area contributed by atoms with Gasteiger partial charge in [0.05, 0.1) is 12.7 Å². The van der Waals surface area contributed by atoms with E-state index in [1.54, 1.807) is 43.5 Å². The average Bonchev–Trinajstić information content (AvgIpc) is 2.51. The van der Waals surface area contributed by atoms with Crippen molar-refractivity contribution >= 4 is 11.8 Å². The van der Waals surface area contributed by atoms with Crippen LogP contribution in [0.5, 0.6) is 5.75 Å². The van der Waals surface area contributed by atoms with Crippen LogP contribution in [0.1, 0.15) is 27.0 Å². The van der Waals surface area contributed by atoms with Gasteiger partial charge in [-0.05, 0) is 50.2 Å². The summed E-state index contributed by atoms with van der Waals surface area (Å²) in [5.74, 6) is 0.299. The highest BCUT2D eigenvalue weighted by atomic mass is 16.7. The Bertz CT molecular complexity index is 686. The van der Waals surface area contributed by atoms with Gasteiger partial charge in [-0.25, -0.2) is 4.79 Å². The fraction of sp³-hybridized carbons (Fsp3) is 0.176. The number of hydrogen-bond acceptors (Lipinski definition) is 4. The third-order valence-electron chi connectivity index (χ3n) is 3.07. The smallest absolute Gasteiger partial charge is 0.365 e. The van der Waals surface area contributed by atoms with Gasteiger partial charge in [-0.3, -0.25) is 0 Å². The molecule has 0 aromatic heterocycles. The molecule has 2 rings (SSSR count). The molecule has 0 saturated heterocycles. The van der Waals surface area contributed by atoms with Crippen molar-refractivity contribution in [2.75, 3.05) is 7.11 Å². The van der Waals surface area contributed by atoms with Gasteiger partial charge in [-0.1, -0.05) is 22.3 Å². The van der Waals surface area contributed by atoms with Crippen LogP contribution in [0.2, 0.25) is 0 Å². The van der Waals surface area contributed by atoms with E-state index in [1.165, 1.54) is 0 Å².